The van der Waals surface area contributed by atoms with Crippen molar-refractivity contribution in [3.8, 4) is 11.5 Å². The lowest BCUT2D eigenvalue weighted by Gasteiger charge is -2.12. The van der Waals surface area contributed by atoms with E-state index < -0.39 is 4.92 Å². The van der Waals surface area contributed by atoms with Crippen molar-refractivity contribution in [3.63, 3.8) is 0 Å². The minimum atomic E-state index is -0.615. The van der Waals surface area contributed by atoms with Gasteiger partial charge in [0.15, 0.2) is 5.75 Å². The van der Waals surface area contributed by atoms with Crippen LogP contribution in [0, 0.1) is 10.1 Å². The molecule has 0 saturated heterocycles. The van der Waals surface area contributed by atoms with Crippen LogP contribution in [-0.4, -0.2) is 4.92 Å². The molecule has 21 heavy (non-hydrogen) atoms. The van der Waals surface area contributed by atoms with Gasteiger partial charge in [0.25, 0.3) is 0 Å². The van der Waals surface area contributed by atoms with Crippen LogP contribution in [0.25, 0.3) is 0 Å². The molecule has 2 aromatic rings. The molecule has 0 aliphatic heterocycles. The SMILES string of the molecule is NCc1cccc(Cl)c1Oc1cc(Cl)c(Cl)cc1[N+](=O)[O-]. The van der Waals surface area contributed by atoms with Crippen molar-refractivity contribution in [3.05, 3.63) is 61.1 Å². The van der Waals surface area contributed by atoms with E-state index in [0.717, 1.165) is 6.07 Å². The number of hydrogen-bond donors (Lipinski definition) is 1. The van der Waals surface area contributed by atoms with Gasteiger partial charge in [0, 0.05) is 24.2 Å². The van der Waals surface area contributed by atoms with E-state index in [-0.39, 0.29) is 33.8 Å². The first-order valence-electron chi connectivity index (χ1n) is 5.72. The van der Waals surface area contributed by atoms with Crippen molar-refractivity contribution in [1.29, 1.82) is 0 Å². The molecule has 5 nitrogen and oxygen atoms in total. The molecule has 0 aliphatic rings. The van der Waals surface area contributed by atoms with Gasteiger partial charge in [-0.25, -0.2) is 0 Å². The number of nitrogens with zero attached hydrogens (tertiary/aromatic N) is 1. The molecule has 0 amide bonds. The Balaban J connectivity index is 2.54. The molecule has 0 aliphatic carbocycles. The molecule has 2 N–H and O–H groups in total. The summed E-state index contributed by atoms with van der Waals surface area (Å²) in [5.74, 6) is 0.195. The summed E-state index contributed by atoms with van der Waals surface area (Å²) in [5, 5.41) is 11.6. The lowest BCUT2D eigenvalue weighted by atomic mass is 10.2. The number of nitrogens with two attached hydrogens (primary N) is 1. The van der Waals surface area contributed by atoms with Crippen molar-refractivity contribution in [2.24, 2.45) is 5.73 Å². The van der Waals surface area contributed by atoms with E-state index in [0.29, 0.717) is 10.6 Å². The number of hydrogen-bond acceptors (Lipinski definition) is 4. The van der Waals surface area contributed by atoms with Crippen LogP contribution in [0.4, 0.5) is 5.69 Å². The summed E-state index contributed by atoms with van der Waals surface area (Å²) in [6.45, 7) is 0.172. The lowest BCUT2D eigenvalue weighted by Crippen LogP contribution is -2.01. The number of nitro groups is 1. The predicted octanol–water partition coefficient (Wildman–Crippen LogP) is 4.81. The molecule has 0 radical (unpaired) electrons. The monoisotopic (exact) mass is 346 g/mol. The maximum absolute atomic E-state index is 11.1. The number of rotatable bonds is 4. The summed E-state index contributed by atoms with van der Waals surface area (Å²) >= 11 is 17.7. The molecule has 0 fully saturated rings. The molecule has 0 heterocycles. The average molecular weight is 348 g/mol. The first-order chi connectivity index (χ1) is 9.93. The van der Waals surface area contributed by atoms with Crippen molar-refractivity contribution in [1.82, 2.24) is 0 Å². The smallest absolute Gasteiger partial charge is 0.313 e. The number of nitro benzene ring substituents is 1. The maximum Gasteiger partial charge on any atom is 0.313 e. The van der Waals surface area contributed by atoms with Gasteiger partial charge in [0.05, 0.1) is 20.0 Å². The highest BCUT2D eigenvalue weighted by atomic mass is 35.5. The van der Waals surface area contributed by atoms with E-state index in [1.165, 1.54) is 6.07 Å². The van der Waals surface area contributed by atoms with Crippen LogP contribution in [0.3, 0.4) is 0 Å². The Bertz CT molecular complexity index is 707. The zero-order valence-corrected chi connectivity index (χ0v) is 12.7. The van der Waals surface area contributed by atoms with Crippen molar-refractivity contribution >= 4 is 40.5 Å². The van der Waals surface area contributed by atoms with Gasteiger partial charge >= 0.3 is 5.69 Å². The molecule has 2 aromatic carbocycles. The van der Waals surface area contributed by atoms with E-state index in [4.69, 9.17) is 45.3 Å². The van der Waals surface area contributed by atoms with Crippen molar-refractivity contribution < 1.29 is 9.66 Å². The average Bonchev–Trinajstić information content (AvgIpc) is 2.44. The van der Waals surface area contributed by atoms with Gasteiger partial charge in [-0.05, 0) is 6.07 Å². The van der Waals surface area contributed by atoms with Gasteiger partial charge in [-0.15, -0.1) is 0 Å². The zero-order valence-electron chi connectivity index (χ0n) is 10.5. The maximum atomic E-state index is 11.1. The first kappa shape index (κ1) is 15.9. The van der Waals surface area contributed by atoms with E-state index >= 15 is 0 Å². The third kappa shape index (κ3) is 3.39. The minimum Gasteiger partial charge on any atom is -0.448 e. The van der Waals surface area contributed by atoms with Gasteiger partial charge in [-0.2, -0.15) is 0 Å². The molecule has 8 heteroatoms. The number of benzene rings is 2. The summed E-state index contributed by atoms with van der Waals surface area (Å²) in [4.78, 5) is 10.5. The van der Waals surface area contributed by atoms with Crippen LogP contribution in [0.2, 0.25) is 15.1 Å². The largest absolute Gasteiger partial charge is 0.448 e. The highest BCUT2D eigenvalue weighted by molar-refractivity contribution is 6.42. The summed E-state index contributed by atoms with van der Waals surface area (Å²) in [6, 6.07) is 7.41. The number of halogens is 3. The fourth-order valence-corrected chi connectivity index (χ4v) is 2.23. The quantitative estimate of drug-likeness (QED) is 0.636. The number of para-hydroxylation sites is 1. The third-order valence-corrected chi connectivity index (χ3v) is 3.70. The van der Waals surface area contributed by atoms with Crippen molar-refractivity contribution in [2.75, 3.05) is 0 Å². The second-order valence-electron chi connectivity index (χ2n) is 4.03. The fraction of sp³-hybridized carbons (Fsp3) is 0.0769. The highest BCUT2D eigenvalue weighted by Gasteiger charge is 2.21. The third-order valence-electron chi connectivity index (χ3n) is 2.68. The molecule has 0 spiro atoms. The summed E-state index contributed by atoms with van der Waals surface area (Å²) < 4.78 is 5.56. The van der Waals surface area contributed by atoms with Crippen LogP contribution < -0.4 is 10.5 Å². The Kier molecular flexibility index (Phi) is 4.90. The minimum absolute atomic E-state index is 0.0581. The zero-order chi connectivity index (χ0) is 15.6. The normalized spacial score (nSPS) is 10.5. The van der Waals surface area contributed by atoms with Gasteiger partial charge in [0.2, 0.25) is 5.75 Å². The van der Waals surface area contributed by atoms with Crippen LogP contribution in [-0.2, 0) is 6.54 Å². The Labute approximate surface area is 135 Å². The first-order valence-corrected chi connectivity index (χ1v) is 6.86. The highest BCUT2D eigenvalue weighted by Crippen LogP contribution is 2.40. The van der Waals surface area contributed by atoms with Gasteiger partial charge < -0.3 is 10.5 Å². The topological polar surface area (TPSA) is 78.4 Å². The fourth-order valence-electron chi connectivity index (χ4n) is 1.68. The Morgan fingerprint density at radius 2 is 1.81 bits per heavy atom. The second kappa shape index (κ2) is 6.49. The van der Waals surface area contributed by atoms with E-state index in [9.17, 15) is 10.1 Å². The van der Waals surface area contributed by atoms with Crippen LogP contribution in [0.1, 0.15) is 5.56 Å². The lowest BCUT2D eigenvalue weighted by molar-refractivity contribution is -0.385. The van der Waals surface area contributed by atoms with Crippen LogP contribution in [0.5, 0.6) is 11.5 Å². The van der Waals surface area contributed by atoms with Crippen molar-refractivity contribution in [2.45, 2.75) is 6.54 Å². The molecule has 2 rings (SSSR count). The van der Waals surface area contributed by atoms with E-state index in [1.807, 2.05) is 0 Å². The molecule has 0 saturated carbocycles. The molecular formula is C13H9Cl3N2O3. The summed E-state index contributed by atoms with van der Waals surface area (Å²) in [7, 11) is 0. The molecule has 0 unspecified atom stereocenters. The van der Waals surface area contributed by atoms with E-state index in [2.05, 4.69) is 0 Å². The van der Waals surface area contributed by atoms with Crippen LogP contribution >= 0.6 is 34.8 Å². The van der Waals surface area contributed by atoms with Gasteiger partial charge in [0.1, 0.15) is 0 Å². The molecule has 0 bridgehead atoms. The molecule has 110 valence electrons. The van der Waals surface area contributed by atoms with E-state index in [1.54, 1.807) is 18.2 Å². The predicted molar refractivity (Wildman–Crippen MR) is 82.5 cm³/mol. The Morgan fingerprint density at radius 1 is 1.14 bits per heavy atom. The van der Waals surface area contributed by atoms with Gasteiger partial charge in [-0.1, -0.05) is 46.9 Å². The molecular weight excluding hydrogens is 339 g/mol. The summed E-state index contributed by atoms with van der Waals surface area (Å²) in [5.41, 5.74) is 5.91. The van der Waals surface area contributed by atoms with Gasteiger partial charge in [-0.3, -0.25) is 10.1 Å². The Morgan fingerprint density at radius 3 is 2.43 bits per heavy atom. The Hall–Kier alpha value is -1.53. The summed E-state index contributed by atoms with van der Waals surface area (Å²) in [6.07, 6.45) is 0. The number of ether oxygens (including phenoxy) is 1. The standard InChI is InChI=1S/C13H9Cl3N2O3/c14-8-3-1-2-7(6-17)13(8)21-12-5-10(16)9(15)4-11(12)18(19)20/h1-5H,6,17H2. The second-order valence-corrected chi connectivity index (χ2v) is 5.25. The molecule has 0 atom stereocenters. The van der Waals surface area contributed by atoms with Crippen LogP contribution in [0.15, 0.2) is 30.3 Å². The molecule has 0 aromatic heterocycles.